The van der Waals surface area contributed by atoms with Crippen LogP contribution in [0.5, 0.6) is 0 Å². The molecule has 0 radical (unpaired) electrons. The Hall–Kier alpha value is -2.51. The summed E-state index contributed by atoms with van der Waals surface area (Å²) in [5.41, 5.74) is 7.06. The molecule has 0 spiro atoms. The van der Waals surface area contributed by atoms with Gasteiger partial charge in [-0.1, -0.05) is 60.7 Å². The van der Waals surface area contributed by atoms with Gasteiger partial charge in [-0.3, -0.25) is 9.69 Å². The largest absolute Gasteiger partial charge is 0.387 e. The molecule has 1 heterocycles. The van der Waals surface area contributed by atoms with E-state index in [-0.39, 0.29) is 0 Å². The van der Waals surface area contributed by atoms with Gasteiger partial charge in [0.2, 0.25) is 0 Å². The van der Waals surface area contributed by atoms with E-state index in [4.69, 9.17) is 5.73 Å². The van der Waals surface area contributed by atoms with E-state index >= 15 is 0 Å². The summed E-state index contributed by atoms with van der Waals surface area (Å²) in [5.74, 6) is -0.398. The molecule has 2 aromatic carbocycles. The average Bonchev–Trinajstić information content (AvgIpc) is 3.24. The normalized spacial score (nSPS) is 13.3. The number of aliphatic hydroxyl groups excluding tert-OH is 2. The molecule has 6 heteroatoms. The van der Waals surface area contributed by atoms with Gasteiger partial charge >= 0.3 is 0 Å². The number of rotatable bonds is 11. The first-order valence-corrected chi connectivity index (χ1v) is 10.9. The average molecular weight is 425 g/mol. The van der Waals surface area contributed by atoms with Gasteiger partial charge in [-0.25, -0.2) is 0 Å². The third-order valence-corrected chi connectivity index (χ3v) is 6.19. The number of thiophene rings is 1. The monoisotopic (exact) mass is 424 g/mol. The first-order chi connectivity index (χ1) is 14.5. The number of hydrogen-bond donors (Lipinski definition) is 3. The van der Waals surface area contributed by atoms with Crippen LogP contribution in [-0.4, -0.2) is 40.7 Å². The van der Waals surface area contributed by atoms with Crippen molar-refractivity contribution in [1.82, 2.24) is 4.90 Å². The maximum absolute atomic E-state index is 11.3. The van der Waals surface area contributed by atoms with Crippen LogP contribution >= 0.6 is 11.3 Å². The second kappa shape index (κ2) is 11.0. The Balaban J connectivity index is 1.62. The second-order valence-corrected chi connectivity index (χ2v) is 8.51. The van der Waals surface area contributed by atoms with E-state index in [2.05, 4.69) is 4.90 Å². The molecule has 4 N–H and O–H groups in total. The number of hydrogen-bond acceptors (Lipinski definition) is 5. The van der Waals surface area contributed by atoms with Crippen molar-refractivity contribution in [3.05, 3.63) is 93.7 Å². The van der Waals surface area contributed by atoms with Gasteiger partial charge in [0.05, 0.1) is 17.1 Å². The van der Waals surface area contributed by atoms with Crippen LogP contribution in [0.25, 0.3) is 0 Å². The minimum atomic E-state index is -0.627. The molecular weight excluding hydrogens is 396 g/mol. The fourth-order valence-electron chi connectivity index (χ4n) is 3.43. The molecule has 0 aliphatic heterocycles. The molecule has 3 aromatic rings. The van der Waals surface area contributed by atoms with Crippen LogP contribution < -0.4 is 5.73 Å². The van der Waals surface area contributed by atoms with Crippen molar-refractivity contribution in [1.29, 1.82) is 0 Å². The van der Waals surface area contributed by atoms with E-state index < -0.39 is 18.1 Å². The Morgan fingerprint density at radius 1 is 0.867 bits per heavy atom. The highest BCUT2D eigenvalue weighted by molar-refractivity contribution is 7.14. The number of amides is 1. The van der Waals surface area contributed by atoms with Gasteiger partial charge in [0.25, 0.3) is 5.91 Å². The summed E-state index contributed by atoms with van der Waals surface area (Å²) >= 11 is 1.42. The van der Waals surface area contributed by atoms with Crippen molar-refractivity contribution in [2.24, 2.45) is 5.73 Å². The molecule has 158 valence electrons. The molecule has 0 aliphatic rings. The number of nitrogens with zero attached hydrogens (tertiary/aromatic N) is 1. The summed E-state index contributed by atoms with van der Waals surface area (Å²) in [5, 5.41) is 21.4. The number of aliphatic hydroxyl groups is 2. The smallest absolute Gasteiger partial charge is 0.258 e. The summed E-state index contributed by atoms with van der Waals surface area (Å²) in [7, 11) is 0. The Morgan fingerprint density at radius 2 is 1.40 bits per heavy atom. The Morgan fingerprint density at radius 3 is 1.87 bits per heavy atom. The summed E-state index contributed by atoms with van der Waals surface area (Å²) < 4.78 is 0. The molecule has 0 saturated heterocycles. The summed E-state index contributed by atoms with van der Waals surface area (Å²) in [6, 6.07) is 22.8. The number of benzene rings is 2. The van der Waals surface area contributed by atoms with Crippen molar-refractivity contribution in [2.45, 2.75) is 25.0 Å². The molecule has 1 amide bonds. The number of aryl methyl sites for hydroxylation is 1. The Bertz CT molecular complexity index is 867. The van der Waals surface area contributed by atoms with E-state index in [9.17, 15) is 15.0 Å². The SMILES string of the molecule is NC(=O)c1ccc(CCCN(C[C@@H](O)c2ccccc2)C[C@@H](O)c2ccccc2)s1. The number of carbonyl (C=O) groups excluding carboxylic acids is 1. The lowest BCUT2D eigenvalue weighted by molar-refractivity contribution is 0.0682. The zero-order valence-electron chi connectivity index (χ0n) is 16.9. The zero-order chi connectivity index (χ0) is 21.3. The minimum absolute atomic E-state index is 0.398. The van der Waals surface area contributed by atoms with E-state index in [1.807, 2.05) is 66.7 Å². The number of primary amides is 1. The van der Waals surface area contributed by atoms with Crippen LogP contribution in [0.1, 0.15) is 44.3 Å². The van der Waals surface area contributed by atoms with Crippen LogP contribution in [0, 0.1) is 0 Å². The molecule has 0 aliphatic carbocycles. The fourth-order valence-corrected chi connectivity index (χ4v) is 4.33. The lowest BCUT2D eigenvalue weighted by atomic mass is 10.1. The summed E-state index contributed by atoms with van der Waals surface area (Å²) in [6.07, 6.45) is 0.411. The molecule has 30 heavy (non-hydrogen) atoms. The highest BCUT2D eigenvalue weighted by atomic mass is 32.1. The fraction of sp³-hybridized carbons (Fsp3) is 0.292. The van der Waals surface area contributed by atoms with Gasteiger partial charge in [-0.15, -0.1) is 11.3 Å². The summed E-state index contributed by atoms with van der Waals surface area (Å²) in [6.45, 7) is 1.59. The van der Waals surface area contributed by atoms with Crippen LogP contribution in [0.15, 0.2) is 72.8 Å². The highest BCUT2D eigenvalue weighted by Crippen LogP contribution is 2.20. The lowest BCUT2D eigenvalue weighted by Crippen LogP contribution is -2.33. The minimum Gasteiger partial charge on any atom is -0.387 e. The zero-order valence-corrected chi connectivity index (χ0v) is 17.7. The molecule has 5 nitrogen and oxygen atoms in total. The van der Waals surface area contributed by atoms with Crippen molar-refractivity contribution in [3.8, 4) is 0 Å². The van der Waals surface area contributed by atoms with Gasteiger partial charge in [0, 0.05) is 18.0 Å². The number of carbonyl (C=O) groups is 1. The molecule has 0 unspecified atom stereocenters. The van der Waals surface area contributed by atoms with Gasteiger partial charge in [0.15, 0.2) is 0 Å². The predicted molar refractivity (Wildman–Crippen MR) is 120 cm³/mol. The highest BCUT2D eigenvalue weighted by Gasteiger charge is 2.18. The molecular formula is C24H28N2O3S. The van der Waals surface area contributed by atoms with Crippen LogP contribution in [0.3, 0.4) is 0 Å². The van der Waals surface area contributed by atoms with Crippen molar-refractivity contribution in [2.75, 3.05) is 19.6 Å². The molecule has 0 fully saturated rings. The first kappa shape index (κ1) is 22.2. The molecule has 3 rings (SSSR count). The third kappa shape index (κ3) is 6.50. The van der Waals surface area contributed by atoms with E-state index in [0.717, 1.165) is 35.4 Å². The quantitative estimate of drug-likeness (QED) is 0.439. The van der Waals surface area contributed by atoms with Gasteiger partial charge in [-0.05, 0) is 42.6 Å². The second-order valence-electron chi connectivity index (χ2n) is 7.35. The van der Waals surface area contributed by atoms with Crippen molar-refractivity contribution in [3.63, 3.8) is 0 Å². The van der Waals surface area contributed by atoms with Crippen LogP contribution in [0.2, 0.25) is 0 Å². The Kier molecular flexibility index (Phi) is 8.16. The molecule has 2 atom stereocenters. The molecule has 0 saturated carbocycles. The van der Waals surface area contributed by atoms with E-state index in [1.165, 1.54) is 11.3 Å². The third-order valence-electron chi connectivity index (χ3n) is 5.03. The summed E-state index contributed by atoms with van der Waals surface area (Å²) in [4.78, 5) is 15.0. The predicted octanol–water partition coefficient (Wildman–Crippen LogP) is 3.55. The lowest BCUT2D eigenvalue weighted by Gasteiger charge is -2.27. The number of nitrogens with two attached hydrogens (primary N) is 1. The Labute approximate surface area is 181 Å². The standard InChI is InChI=1S/C24H28N2O3S/c25-24(29)23-14-13-20(30-23)12-7-15-26(16-21(27)18-8-3-1-4-9-18)17-22(28)19-10-5-2-6-11-19/h1-6,8-11,13-14,21-22,27-28H,7,12,15-17H2,(H2,25,29)/t21-,22-/m1/s1. The maximum Gasteiger partial charge on any atom is 0.258 e. The topological polar surface area (TPSA) is 86.8 Å². The van der Waals surface area contributed by atoms with Gasteiger partial charge in [-0.2, -0.15) is 0 Å². The molecule has 0 bridgehead atoms. The van der Waals surface area contributed by atoms with Crippen LogP contribution in [-0.2, 0) is 6.42 Å². The van der Waals surface area contributed by atoms with E-state index in [0.29, 0.717) is 18.0 Å². The van der Waals surface area contributed by atoms with Gasteiger partial charge in [0.1, 0.15) is 0 Å². The maximum atomic E-state index is 11.3. The van der Waals surface area contributed by atoms with Crippen molar-refractivity contribution >= 4 is 17.2 Å². The van der Waals surface area contributed by atoms with E-state index in [1.54, 1.807) is 6.07 Å². The molecule has 1 aromatic heterocycles. The van der Waals surface area contributed by atoms with Crippen molar-refractivity contribution < 1.29 is 15.0 Å². The van der Waals surface area contributed by atoms with Crippen LogP contribution in [0.4, 0.5) is 0 Å². The first-order valence-electron chi connectivity index (χ1n) is 10.1. The van der Waals surface area contributed by atoms with Gasteiger partial charge < -0.3 is 15.9 Å².